The average molecular weight is 292 g/mol. The van der Waals surface area contributed by atoms with Crippen LogP contribution in [0.25, 0.3) is 0 Å². The molecule has 0 aromatic rings. The summed E-state index contributed by atoms with van der Waals surface area (Å²) >= 11 is 0. The Bertz CT molecular complexity index is 379. The normalized spacial score (nSPS) is 27.7. The first-order valence-electron chi connectivity index (χ1n) is 6.91. The van der Waals surface area contributed by atoms with Crippen molar-refractivity contribution in [1.29, 1.82) is 0 Å². The molecule has 1 aliphatic carbocycles. The lowest BCUT2D eigenvalue weighted by Crippen LogP contribution is -2.43. The Balaban J connectivity index is 2.48. The van der Waals surface area contributed by atoms with Crippen LogP contribution in [0.15, 0.2) is 0 Å². The first-order valence-corrected chi connectivity index (χ1v) is 8.32. The van der Waals surface area contributed by atoms with Crippen molar-refractivity contribution in [3.05, 3.63) is 0 Å². The molecule has 2 atom stereocenters. The number of rotatable bonds is 6. The second-order valence-corrected chi connectivity index (χ2v) is 8.19. The molecular formula is C13H28N2O3S. The fourth-order valence-electron chi connectivity index (χ4n) is 3.00. The lowest BCUT2D eigenvalue weighted by molar-refractivity contribution is 0.159. The molecule has 5 nitrogen and oxygen atoms in total. The maximum absolute atomic E-state index is 11.8. The van der Waals surface area contributed by atoms with Crippen molar-refractivity contribution < 1.29 is 12.6 Å². The fourth-order valence-corrected chi connectivity index (χ4v) is 3.95. The molecular weight excluding hydrogens is 264 g/mol. The van der Waals surface area contributed by atoms with Gasteiger partial charge in [0.15, 0.2) is 0 Å². The van der Waals surface area contributed by atoms with E-state index in [0.717, 1.165) is 19.3 Å². The van der Waals surface area contributed by atoms with Gasteiger partial charge in [-0.2, -0.15) is 13.1 Å². The average Bonchev–Trinajstić information content (AvgIpc) is 2.10. The van der Waals surface area contributed by atoms with E-state index in [1.807, 2.05) is 19.0 Å². The van der Waals surface area contributed by atoms with Crippen LogP contribution >= 0.6 is 0 Å². The van der Waals surface area contributed by atoms with Gasteiger partial charge in [-0.05, 0) is 44.7 Å². The molecule has 6 heteroatoms. The Morgan fingerprint density at radius 3 is 2.47 bits per heavy atom. The van der Waals surface area contributed by atoms with Gasteiger partial charge < -0.3 is 4.90 Å². The molecule has 19 heavy (non-hydrogen) atoms. The van der Waals surface area contributed by atoms with Gasteiger partial charge in [-0.15, -0.1) is 0 Å². The van der Waals surface area contributed by atoms with E-state index in [9.17, 15) is 8.42 Å². The summed E-state index contributed by atoms with van der Waals surface area (Å²) in [5.74, 6) is 0.540. The van der Waals surface area contributed by atoms with Crippen molar-refractivity contribution in [3.8, 4) is 0 Å². The molecule has 1 aliphatic rings. The zero-order valence-corrected chi connectivity index (χ0v) is 13.6. The van der Waals surface area contributed by atoms with E-state index in [2.05, 4.69) is 25.5 Å². The number of likely N-dealkylation sites (N-methyl/N-ethyl adjacent to an activating group) is 1. The summed E-state index contributed by atoms with van der Waals surface area (Å²) in [6, 6.07) is -0.0110. The lowest BCUT2D eigenvalue weighted by atomic mass is 9.71. The SMILES string of the molecule is CC1CC(NS(=O)(=O)OCCN(C)C)CC(C)(C)C1. The molecule has 0 bridgehead atoms. The summed E-state index contributed by atoms with van der Waals surface area (Å²) in [5.41, 5.74) is 0.189. The lowest BCUT2D eigenvalue weighted by Gasteiger charge is -2.38. The molecule has 1 N–H and O–H groups in total. The summed E-state index contributed by atoms with van der Waals surface area (Å²) in [6.45, 7) is 7.34. The minimum Gasteiger partial charge on any atom is -0.307 e. The molecule has 0 aromatic carbocycles. The zero-order chi connectivity index (χ0) is 14.7. The number of hydrogen-bond donors (Lipinski definition) is 1. The minimum absolute atomic E-state index is 0.0110. The Labute approximate surface area is 118 Å². The molecule has 114 valence electrons. The van der Waals surface area contributed by atoms with Crippen LogP contribution in [0.2, 0.25) is 0 Å². The van der Waals surface area contributed by atoms with Crippen LogP contribution in [-0.4, -0.2) is 46.6 Å². The van der Waals surface area contributed by atoms with Crippen molar-refractivity contribution in [2.75, 3.05) is 27.2 Å². The van der Waals surface area contributed by atoms with Gasteiger partial charge in [0.05, 0.1) is 6.61 Å². The predicted molar refractivity (Wildman–Crippen MR) is 77.1 cm³/mol. The third-order valence-electron chi connectivity index (χ3n) is 3.47. The fraction of sp³-hybridized carbons (Fsp3) is 1.00. The largest absolute Gasteiger partial charge is 0.336 e. The van der Waals surface area contributed by atoms with E-state index in [4.69, 9.17) is 4.18 Å². The molecule has 1 saturated carbocycles. The predicted octanol–water partition coefficient (Wildman–Crippen LogP) is 1.61. The zero-order valence-electron chi connectivity index (χ0n) is 12.8. The first-order chi connectivity index (χ1) is 8.60. The maximum Gasteiger partial charge on any atom is 0.336 e. The Morgan fingerprint density at radius 2 is 1.95 bits per heavy atom. The molecule has 0 heterocycles. The van der Waals surface area contributed by atoms with E-state index >= 15 is 0 Å². The summed E-state index contributed by atoms with van der Waals surface area (Å²) < 4.78 is 31.3. The van der Waals surface area contributed by atoms with Gasteiger partial charge in [0.1, 0.15) is 0 Å². The highest BCUT2D eigenvalue weighted by molar-refractivity contribution is 7.84. The van der Waals surface area contributed by atoms with Gasteiger partial charge in [-0.3, -0.25) is 4.18 Å². The number of nitrogens with one attached hydrogen (secondary N) is 1. The van der Waals surface area contributed by atoms with E-state index in [0.29, 0.717) is 12.5 Å². The van der Waals surface area contributed by atoms with Crippen LogP contribution in [0.3, 0.4) is 0 Å². The third kappa shape index (κ3) is 6.70. The van der Waals surface area contributed by atoms with Crippen LogP contribution in [0, 0.1) is 11.3 Å². The molecule has 0 saturated heterocycles. The quantitative estimate of drug-likeness (QED) is 0.808. The maximum atomic E-state index is 11.8. The highest BCUT2D eigenvalue weighted by Gasteiger charge is 2.34. The van der Waals surface area contributed by atoms with Gasteiger partial charge in [0.2, 0.25) is 0 Å². The van der Waals surface area contributed by atoms with Crippen LogP contribution in [0.1, 0.15) is 40.0 Å². The monoisotopic (exact) mass is 292 g/mol. The second-order valence-electron chi connectivity index (χ2n) is 6.81. The molecule has 0 aromatic heterocycles. The van der Waals surface area contributed by atoms with E-state index in [-0.39, 0.29) is 18.1 Å². The second kappa shape index (κ2) is 6.52. The van der Waals surface area contributed by atoms with Gasteiger partial charge in [-0.1, -0.05) is 20.8 Å². The van der Waals surface area contributed by atoms with Crippen molar-refractivity contribution in [2.45, 2.75) is 46.1 Å². The summed E-state index contributed by atoms with van der Waals surface area (Å²) in [5, 5.41) is 0. The van der Waals surface area contributed by atoms with Crippen LogP contribution in [0.5, 0.6) is 0 Å². The standard InChI is InChI=1S/C13H28N2O3S/c1-11-8-12(10-13(2,3)9-11)14-19(16,17)18-7-6-15(4)5/h11-12,14H,6-10H2,1-5H3. The summed E-state index contributed by atoms with van der Waals surface area (Å²) in [4.78, 5) is 1.89. The van der Waals surface area contributed by atoms with Crippen molar-refractivity contribution in [1.82, 2.24) is 9.62 Å². The Kier molecular flexibility index (Phi) is 5.79. The topological polar surface area (TPSA) is 58.6 Å². The third-order valence-corrected chi connectivity index (χ3v) is 4.57. The molecule has 0 aliphatic heterocycles. The van der Waals surface area contributed by atoms with Gasteiger partial charge in [0, 0.05) is 12.6 Å². The van der Waals surface area contributed by atoms with Crippen LogP contribution in [-0.2, 0) is 14.5 Å². The van der Waals surface area contributed by atoms with E-state index in [1.165, 1.54) is 0 Å². The molecule has 0 amide bonds. The number of hydrogen-bond acceptors (Lipinski definition) is 4. The highest BCUT2D eigenvalue weighted by atomic mass is 32.2. The van der Waals surface area contributed by atoms with Gasteiger partial charge in [0.25, 0.3) is 0 Å². The Hall–Kier alpha value is -0.170. The molecule has 1 fully saturated rings. The van der Waals surface area contributed by atoms with Crippen molar-refractivity contribution >= 4 is 10.3 Å². The Morgan fingerprint density at radius 1 is 1.32 bits per heavy atom. The summed E-state index contributed by atoms with van der Waals surface area (Å²) in [6.07, 6.45) is 2.90. The minimum atomic E-state index is -3.63. The van der Waals surface area contributed by atoms with Crippen molar-refractivity contribution in [3.63, 3.8) is 0 Å². The smallest absolute Gasteiger partial charge is 0.307 e. The van der Waals surface area contributed by atoms with Crippen LogP contribution < -0.4 is 4.72 Å². The number of nitrogens with zero attached hydrogens (tertiary/aromatic N) is 1. The van der Waals surface area contributed by atoms with Gasteiger partial charge in [-0.25, -0.2) is 0 Å². The van der Waals surface area contributed by atoms with E-state index < -0.39 is 10.3 Å². The van der Waals surface area contributed by atoms with E-state index in [1.54, 1.807) is 0 Å². The molecule has 0 spiro atoms. The van der Waals surface area contributed by atoms with Gasteiger partial charge >= 0.3 is 10.3 Å². The van der Waals surface area contributed by atoms with Crippen LogP contribution in [0.4, 0.5) is 0 Å². The molecule has 0 radical (unpaired) electrons. The van der Waals surface area contributed by atoms with Crippen molar-refractivity contribution in [2.24, 2.45) is 11.3 Å². The first kappa shape index (κ1) is 16.9. The molecule has 1 rings (SSSR count). The molecule has 2 unspecified atom stereocenters. The highest BCUT2D eigenvalue weighted by Crippen LogP contribution is 2.38. The summed E-state index contributed by atoms with van der Waals surface area (Å²) in [7, 11) is 0.140.